The molecule has 0 bridgehead atoms. The van der Waals surface area contributed by atoms with Crippen LogP contribution in [-0.2, 0) is 17.6 Å². The zero-order valence-corrected chi connectivity index (χ0v) is 22.7. The number of aryl methyl sites for hydroxylation is 1. The summed E-state index contributed by atoms with van der Waals surface area (Å²) in [6.45, 7) is 5.89. The fourth-order valence-electron chi connectivity index (χ4n) is 5.17. The topological polar surface area (TPSA) is 97.5 Å². The van der Waals surface area contributed by atoms with E-state index in [1.165, 1.54) is 30.4 Å². The highest BCUT2D eigenvalue weighted by Crippen LogP contribution is 2.28. The zero-order chi connectivity index (χ0) is 26.0. The van der Waals surface area contributed by atoms with E-state index in [0.717, 1.165) is 73.5 Å². The molecule has 1 aliphatic carbocycles. The van der Waals surface area contributed by atoms with E-state index in [1.807, 2.05) is 6.07 Å². The molecule has 8 heteroatoms. The minimum atomic E-state index is -0.156. The van der Waals surface area contributed by atoms with E-state index in [2.05, 4.69) is 51.7 Å². The second-order valence-corrected chi connectivity index (χ2v) is 11.1. The number of rotatable bonds is 13. The second-order valence-electron chi connectivity index (χ2n) is 10.1. The molecule has 0 aliphatic heterocycles. The number of fused-ring (bicyclic) bond motifs is 1. The van der Waals surface area contributed by atoms with Gasteiger partial charge in [-0.1, -0.05) is 66.5 Å². The van der Waals surface area contributed by atoms with Crippen LogP contribution in [0.4, 0.5) is 0 Å². The van der Waals surface area contributed by atoms with Crippen molar-refractivity contribution in [1.82, 2.24) is 20.5 Å². The maximum absolute atomic E-state index is 13.2. The van der Waals surface area contributed by atoms with Gasteiger partial charge in [-0.05, 0) is 62.9 Å². The van der Waals surface area contributed by atoms with Crippen molar-refractivity contribution >= 4 is 27.5 Å². The van der Waals surface area contributed by atoms with Crippen LogP contribution in [0.5, 0.6) is 5.75 Å². The summed E-state index contributed by atoms with van der Waals surface area (Å²) in [6, 6.07) is 12.5. The van der Waals surface area contributed by atoms with Crippen molar-refractivity contribution in [2.45, 2.75) is 64.3 Å². The Bertz CT molecular complexity index is 1200. The van der Waals surface area contributed by atoms with Crippen LogP contribution in [0.25, 0.3) is 10.2 Å². The monoisotopic (exact) mass is 524 g/mol. The van der Waals surface area contributed by atoms with Crippen molar-refractivity contribution in [2.24, 2.45) is 0 Å². The summed E-state index contributed by atoms with van der Waals surface area (Å²) >= 11 is 1.14. The third-order valence-corrected chi connectivity index (χ3v) is 8.26. The van der Waals surface area contributed by atoms with Gasteiger partial charge in [0.2, 0.25) is 5.91 Å². The maximum atomic E-state index is 13.2. The molecule has 4 rings (SSSR count). The summed E-state index contributed by atoms with van der Waals surface area (Å²) in [5, 5.41) is 16.9. The summed E-state index contributed by atoms with van der Waals surface area (Å²) in [4.78, 5) is 29.6. The number of H-pyrrole nitrogens is 1. The van der Waals surface area contributed by atoms with Gasteiger partial charge in [0.1, 0.15) is 11.3 Å². The predicted molar refractivity (Wildman–Crippen MR) is 152 cm³/mol. The third kappa shape index (κ3) is 7.90. The molecule has 4 N–H and O–H groups in total. The van der Waals surface area contributed by atoms with Gasteiger partial charge in [0.25, 0.3) is 0 Å². The van der Waals surface area contributed by atoms with E-state index >= 15 is 0 Å². The molecule has 0 spiro atoms. The van der Waals surface area contributed by atoms with Gasteiger partial charge in [-0.15, -0.1) is 0 Å². The first-order valence-corrected chi connectivity index (χ1v) is 14.4. The molecule has 7 nitrogen and oxygen atoms in total. The van der Waals surface area contributed by atoms with Crippen molar-refractivity contribution in [3.63, 3.8) is 0 Å². The maximum Gasteiger partial charge on any atom is 0.305 e. The molecule has 0 atom stereocenters. The largest absolute Gasteiger partial charge is 0.506 e. The molecule has 2 aromatic carbocycles. The molecule has 3 aromatic rings. The molecule has 37 heavy (non-hydrogen) atoms. The number of aromatic amines is 1. The summed E-state index contributed by atoms with van der Waals surface area (Å²) in [7, 11) is 0. The van der Waals surface area contributed by atoms with E-state index in [4.69, 9.17) is 0 Å². The molecular weight excluding hydrogens is 484 g/mol. The minimum Gasteiger partial charge on any atom is -0.506 e. The van der Waals surface area contributed by atoms with Crippen molar-refractivity contribution in [1.29, 1.82) is 0 Å². The zero-order valence-electron chi connectivity index (χ0n) is 21.9. The van der Waals surface area contributed by atoms with E-state index in [0.29, 0.717) is 24.5 Å². The molecule has 1 fully saturated rings. The Hall–Kier alpha value is -2.68. The van der Waals surface area contributed by atoms with Gasteiger partial charge in [0.05, 0.1) is 4.70 Å². The molecule has 1 heterocycles. The van der Waals surface area contributed by atoms with Gasteiger partial charge in [-0.2, -0.15) is 0 Å². The number of aromatic hydroxyl groups is 1. The number of phenols is 1. The molecular formula is C29H40N4O3S. The van der Waals surface area contributed by atoms with Crippen molar-refractivity contribution < 1.29 is 9.90 Å². The normalized spacial score (nSPS) is 14.3. The van der Waals surface area contributed by atoms with Crippen molar-refractivity contribution in [3.05, 3.63) is 62.8 Å². The second kappa shape index (κ2) is 13.7. The number of hydrogen-bond donors (Lipinski definition) is 4. The Morgan fingerprint density at radius 3 is 2.51 bits per heavy atom. The quantitative estimate of drug-likeness (QED) is 0.252. The van der Waals surface area contributed by atoms with E-state index in [1.54, 1.807) is 6.07 Å². The third-order valence-electron chi connectivity index (χ3n) is 7.30. The number of hydrogen-bond acceptors (Lipinski definition) is 6. The molecule has 1 saturated carbocycles. The minimum absolute atomic E-state index is 0.108. The van der Waals surface area contributed by atoms with Crippen LogP contribution < -0.4 is 15.5 Å². The highest BCUT2D eigenvalue weighted by Gasteiger charge is 2.24. The molecule has 0 unspecified atom stereocenters. The summed E-state index contributed by atoms with van der Waals surface area (Å²) < 4.78 is 0.820. The first-order chi connectivity index (χ1) is 18.0. The fraction of sp³-hybridized carbons (Fsp3) is 0.517. The number of nitrogens with zero attached hydrogens (tertiary/aromatic N) is 1. The molecule has 1 aromatic heterocycles. The van der Waals surface area contributed by atoms with Crippen LogP contribution in [0.2, 0.25) is 0 Å². The Labute approximate surface area is 223 Å². The van der Waals surface area contributed by atoms with E-state index < -0.39 is 0 Å². The first kappa shape index (κ1) is 27.4. The Kier molecular flexibility index (Phi) is 10.2. The molecule has 0 saturated heterocycles. The van der Waals surface area contributed by atoms with E-state index in [9.17, 15) is 14.7 Å². The Morgan fingerprint density at radius 1 is 1.00 bits per heavy atom. The van der Waals surface area contributed by atoms with E-state index in [-0.39, 0.29) is 16.5 Å². The Balaban J connectivity index is 1.21. The van der Waals surface area contributed by atoms with Gasteiger partial charge in [0, 0.05) is 32.1 Å². The van der Waals surface area contributed by atoms with Crippen LogP contribution >= 0.6 is 11.3 Å². The number of benzene rings is 2. The van der Waals surface area contributed by atoms with Crippen molar-refractivity contribution in [3.8, 4) is 5.75 Å². The lowest BCUT2D eigenvalue weighted by Gasteiger charge is -2.34. The van der Waals surface area contributed by atoms with Gasteiger partial charge in [0.15, 0.2) is 0 Å². The standard InChI is InChI=1S/C29H40N4O3S/c1-21-7-9-22(10-8-21)13-16-30-18-15-26(35)33(24-5-3-2-4-6-24)20-19-31-17-14-23-11-12-25(34)27-28(23)37-29(36)32-27/h7-12,24,30-31,34H,2-6,13-20H2,1H3,(H,32,36). The van der Waals surface area contributed by atoms with Crippen LogP contribution in [0.15, 0.2) is 41.2 Å². The lowest BCUT2D eigenvalue weighted by molar-refractivity contribution is -0.134. The number of carbonyl (C=O) groups excluding carboxylic acids is 1. The van der Waals surface area contributed by atoms with Gasteiger partial charge in [-0.3, -0.25) is 9.59 Å². The molecule has 0 radical (unpaired) electrons. The highest BCUT2D eigenvalue weighted by atomic mass is 32.1. The number of nitrogens with one attached hydrogen (secondary N) is 3. The van der Waals surface area contributed by atoms with Crippen LogP contribution in [0.3, 0.4) is 0 Å². The van der Waals surface area contributed by atoms with Crippen LogP contribution in [0, 0.1) is 6.92 Å². The molecule has 1 aliphatic rings. The fourth-order valence-corrected chi connectivity index (χ4v) is 6.07. The highest BCUT2D eigenvalue weighted by molar-refractivity contribution is 7.16. The van der Waals surface area contributed by atoms with Gasteiger partial charge < -0.3 is 25.6 Å². The summed E-state index contributed by atoms with van der Waals surface area (Å²) in [5.74, 6) is 0.352. The number of aromatic nitrogens is 1. The number of carbonyl (C=O) groups is 1. The van der Waals surface area contributed by atoms with Crippen LogP contribution in [0.1, 0.15) is 55.2 Å². The van der Waals surface area contributed by atoms with Gasteiger partial charge in [-0.25, -0.2) is 0 Å². The lowest BCUT2D eigenvalue weighted by atomic mass is 9.94. The van der Waals surface area contributed by atoms with Crippen molar-refractivity contribution in [2.75, 3.05) is 32.7 Å². The predicted octanol–water partition coefficient (Wildman–Crippen LogP) is 4.12. The SMILES string of the molecule is Cc1ccc(CCNCCC(=O)N(CCNCCc2ccc(O)c3[nH]c(=O)sc23)C2CCCCC2)cc1. The number of amides is 1. The summed E-state index contributed by atoms with van der Waals surface area (Å²) in [5.41, 5.74) is 4.16. The smallest absolute Gasteiger partial charge is 0.305 e. The van der Waals surface area contributed by atoms with Crippen LogP contribution in [-0.4, -0.2) is 59.7 Å². The van der Waals surface area contributed by atoms with Gasteiger partial charge >= 0.3 is 4.87 Å². The number of phenolic OH excluding ortho intramolecular Hbond substituents is 1. The number of thiazole rings is 1. The average Bonchev–Trinajstić information content (AvgIpc) is 3.31. The first-order valence-electron chi connectivity index (χ1n) is 13.6. The summed E-state index contributed by atoms with van der Waals surface area (Å²) in [6.07, 6.45) is 8.13. The lowest BCUT2D eigenvalue weighted by Crippen LogP contribution is -2.45. The molecule has 1 amide bonds. The average molecular weight is 525 g/mol. The molecule has 200 valence electrons. The Morgan fingerprint density at radius 2 is 1.73 bits per heavy atom.